The van der Waals surface area contributed by atoms with Crippen LogP contribution in [0.2, 0.25) is 5.02 Å². The number of fused-ring (bicyclic) bond motifs is 1. The van der Waals surface area contributed by atoms with E-state index in [4.69, 9.17) is 11.6 Å². The number of anilines is 1. The van der Waals surface area contributed by atoms with E-state index in [1.165, 1.54) is 29.2 Å². The van der Waals surface area contributed by atoms with Gasteiger partial charge >= 0.3 is 0 Å². The maximum atomic E-state index is 12.5. The van der Waals surface area contributed by atoms with Crippen LogP contribution >= 0.6 is 11.6 Å². The fraction of sp³-hybridized carbons (Fsp3) is 0.235. The Hall–Kier alpha value is -2.45. The smallest absolute Gasteiger partial charge is 0.271 e. The molecule has 3 rings (SSSR count). The van der Waals surface area contributed by atoms with Crippen LogP contribution in [0.25, 0.3) is 0 Å². The number of non-ortho nitro benzene ring substituents is 1. The lowest BCUT2D eigenvalue weighted by Gasteiger charge is -2.17. The molecular formula is C17H15ClN2O5S. The van der Waals surface area contributed by atoms with E-state index in [1.807, 2.05) is 0 Å². The molecule has 0 bridgehead atoms. The molecule has 0 spiro atoms. The van der Waals surface area contributed by atoms with Crippen LogP contribution in [-0.4, -0.2) is 31.5 Å². The molecule has 2 aromatic rings. The van der Waals surface area contributed by atoms with Crippen molar-refractivity contribution in [1.82, 2.24) is 0 Å². The Morgan fingerprint density at radius 1 is 1.23 bits per heavy atom. The molecule has 1 aliphatic rings. The first-order valence-corrected chi connectivity index (χ1v) is 9.87. The molecule has 0 saturated carbocycles. The summed E-state index contributed by atoms with van der Waals surface area (Å²) in [4.78, 5) is 24.3. The molecule has 7 nitrogen and oxygen atoms in total. The molecule has 0 aromatic heterocycles. The maximum Gasteiger partial charge on any atom is 0.271 e. The van der Waals surface area contributed by atoms with E-state index in [0.29, 0.717) is 18.7 Å². The number of sulfone groups is 1. The molecular weight excluding hydrogens is 380 g/mol. The molecule has 2 aromatic carbocycles. The zero-order valence-corrected chi connectivity index (χ0v) is 15.2. The largest absolute Gasteiger partial charge is 0.312 e. The Kier molecular flexibility index (Phi) is 4.97. The van der Waals surface area contributed by atoms with Crippen molar-refractivity contribution < 1.29 is 18.1 Å². The molecule has 1 heterocycles. The summed E-state index contributed by atoms with van der Waals surface area (Å²) in [6, 6.07) is 10.4. The first-order chi connectivity index (χ1) is 12.3. The SMILES string of the molecule is O=C(CCS(=O)(=O)c1ccccc1Cl)N1CCc2ccc([N+](=O)[O-])cc21. The van der Waals surface area contributed by atoms with E-state index < -0.39 is 14.8 Å². The molecule has 0 atom stereocenters. The molecule has 0 unspecified atom stereocenters. The second-order valence-electron chi connectivity index (χ2n) is 5.86. The van der Waals surface area contributed by atoms with Gasteiger partial charge in [0.05, 0.1) is 26.3 Å². The van der Waals surface area contributed by atoms with Gasteiger partial charge in [0, 0.05) is 25.1 Å². The first-order valence-electron chi connectivity index (χ1n) is 7.84. The number of amides is 1. The van der Waals surface area contributed by atoms with E-state index in [2.05, 4.69) is 0 Å². The average molecular weight is 395 g/mol. The van der Waals surface area contributed by atoms with Gasteiger partial charge in [-0.25, -0.2) is 8.42 Å². The molecule has 0 saturated heterocycles. The van der Waals surface area contributed by atoms with Gasteiger partial charge in [-0.05, 0) is 24.1 Å². The molecule has 0 N–H and O–H groups in total. The summed E-state index contributed by atoms with van der Waals surface area (Å²) < 4.78 is 24.8. The van der Waals surface area contributed by atoms with Crippen molar-refractivity contribution in [2.45, 2.75) is 17.7 Å². The normalized spacial score (nSPS) is 13.5. The fourth-order valence-electron chi connectivity index (χ4n) is 2.90. The third kappa shape index (κ3) is 3.56. The highest BCUT2D eigenvalue weighted by molar-refractivity contribution is 7.91. The minimum absolute atomic E-state index is 0.00748. The van der Waals surface area contributed by atoms with Gasteiger partial charge < -0.3 is 4.90 Å². The van der Waals surface area contributed by atoms with E-state index in [0.717, 1.165) is 5.56 Å². The van der Waals surface area contributed by atoms with Gasteiger partial charge in [0.25, 0.3) is 5.69 Å². The van der Waals surface area contributed by atoms with Crippen molar-refractivity contribution in [1.29, 1.82) is 0 Å². The van der Waals surface area contributed by atoms with E-state index in [1.54, 1.807) is 18.2 Å². The number of carbonyl (C=O) groups is 1. The lowest BCUT2D eigenvalue weighted by molar-refractivity contribution is -0.384. The third-order valence-electron chi connectivity index (χ3n) is 4.23. The van der Waals surface area contributed by atoms with Crippen LogP contribution in [0.15, 0.2) is 47.4 Å². The minimum Gasteiger partial charge on any atom is -0.312 e. The van der Waals surface area contributed by atoms with Crippen LogP contribution in [0.5, 0.6) is 0 Å². The highest BCUT2D eigenvalue weighted by atomic mass is 35.5. The van der Waals surface area contributed by atoms with E-state index >= 15 is 0 Å². The molecule has 9 heteroatoms. The third-order valence-corrected chi connectivity index (χ3v) is 6.44. The number of nitro benzene ring substituents is 1. The molecule has 1 aliphatic heterocycles. The van der Waals surface area contributed by atoms with Gasteiger partial charge in [-0.2, -0.15) is 0 Å². The van der Waals surface area contributed by atoms with Crippen LogP contribution < -0.4 is 4.90 Å². The Morgan fingerprint density at radius 2 is 1.96 bits per heavy atom. The fourth-order valence-corrected chi connectivity index (χ4v) is 4.71. The predicted molar refractivity (Wildman–Crippen MR) is 97.3 cm³/mol. The maximum absolute atomic E-state index is 12.5. The van der Waals surface area contributed by atoms with Crippen molar-refractivity contribution in [3.8, 4) is 0 Å². The Morgan fingerprint density at radius 3 is 2.65 bits per heavy atom. The van der Waals surface area contributed by atoms with Crippen molar-refractivity contribution >= 4 is 38.7 Å². The summed E-state index contributed by atoms with van der Waals surface area (Å²) in [5.74, 6) is -0.768. The number of halogens is 1. The lowest BCUT2D eigenvalue weighted by Crippen LogP contribution is -2.30. The van der Waals surface area contributed by atoms with Crippen molar-refractivity contribution in [2.24, 2.45) is 0 Å². The van der Waals surface area contributed by atoms with Crippen LogP contribution in [0.1, 0.15) is 12.0 Å². The van der Waals surface area contributed by atoms with Gasteiger partial charge in [0.2, 0.25) is 5.91 Å². The van der Waals surface area contributed by atoms with Crippen molar-refractivity contribution in [3.63, 3.8) is 0 Å². The Bertz CT molecular complexity index is 990. The topological polar surface area (TPSA) is 97.6 Å². The Labute approximate surface area is 155 Å². The number of carbonyl (C=O) groups excluding carboxylic acids is 1. The monoisotopic (exact) mass is 394 g/mol. The first kappa shape index (κ1) is 18.3. The van der Waals surface area contributed by atoms with Gasteiger partial charge in [0.1, 0.15) is 0 Å². The van der Waals surface area contributed by atoms with Gasteiger partial charge in [0.15, 0.2) is 9.84 Å². The Balaban J connectivity index is 1.76. The second kappa shape index (κ2) is 7.05. The average Bonchev–Trinajstić information content (AvgIpc) is 3.03. The zero-order chi connectivity index (χ0) is 18.9. The number of hydrogen-bond donors (Lipinski definition) is 0. The number of hydrogen-bond acceptors (Lipinski definition) is 5. The standard InChI is InChI=1S/C17H15ClN2O5S/c18-14-3-1-2-4-16(14)26(24,25)10-8-17(21)19-9-7-12-5-6-13(20(22)23)11-15(12)19/h1-6,11H,7-10H2. The molecule has 0 radical (unpaired) electrons. The highest BCUT2D eigenvalue weighted by Crippen LogP contribution is 2.32. The molecule has 26 heavy (non-hydrogen) atoms. The van der Waals surface area contributed by atoms with Gasteiger partial charge in [-0.3, -0.25) is 14.9 Å². The van der Waals surface area contributed by atoms with Crippen LogP contribution in [0.4, 0.5) is 11.4 Å². The van der Waals surface area contributed by atoms with Crippen molar-refractivity contribution in [2.75, 3.05) is 17.2 Å². The van der Waals surface area contributed by atoms with E-state index in [9.17, 15) is 23.3 Å². The molecule has 136 valence electrons. The number of nitro groups is 1. The summed E-state index contributed by atoms with van der Waals surface area (Å²) in [7, 11) is -3.70. The molecule has 0 aliphatic carbocycles. The highest BCUT2D eigenvalue weighted by Gasteiger charge is 2.28. The zero-order valence-electron chi connectivity index (χ0n) is 13.6. The predicted octanol–water partition coefficient (Wildman–Crippen LogP) is 3.00. The van der Waals surface area contributed by atoms with Gasteiger partial charge in [-0.15, -0.1) is 0 Å². The van der Waals surface area contributed by atoms with Crippen LogP contribution in [0.3, 0.4) is 0 Å². The van der Waals surface area contributed by atoms with Crippen LogP contribution in [0, 0.1) is 10.1 Å². The lowest BCUT2D eigenvalue weighted by atomic mass is 10.1. The minimum atomic E-state index is -3.70. The molecule has 0 fully saturated rings. The number of nitrogens with zero attached hydrogens (tertiary/aromatic N) is 2. The molecule has 1 amide bonds. The summed E-state index contributed by atoms with van der Waals surface area (Å²) >= 11 is 5.93. The quantitative estimate of drug-likeness (QED) is 0.573. The second-order valence-corrected chi connectivity index (χ2v) is 8.35. The summed E-state index contributed by atoms with van der Waals surface area (Å²) in [6.45, 7) is 0.376. The summed E-state index contributed by atoms with van der Waals surface area (Å²) in [6.07, 6.45) is 0.353. The number of benzene rings is 2. The van der Waals surface area contributed by atoms with Gasteiger partial charge in [-0.1, -0.05) is 29.8 Å². The van der Waals surface area contributed by atoms with E-state index in [-0.39, 0.29) is 33.7 Å². The summed E-state index contributed by atoms with van der Waals surface area (Å²) in [5, 5.41) is 11.0. The summed E-state index contributed by atoms with van der Waals surface area (Å²) in [5.41, 5.74) is 1.20. The van der Waals surface area contributed by atoms with Crippen molar-refractivity contribution in [3.05, 3.63) is 63.2 Å². The van der Waals surface area contributed by atoms with Crippen LogP contribution in [-0.2, 0) is 21.1 Å². The number of rotatable bonds is 5.